The van der Waals surface area contributed by atoms with Crippen LogP contribution in [0.5, 0.6) is 0 Å². The number of carboxylic acids is 1. The first-order chi connectivity index (χ1) is 5.61. The third kappa shape index (κ3) is 5.11. The second-order valence-corrected chi connectivity index (χ2v) is 4.12. The maximum absolute atomic E-state index is 10.4. The number of hydrogen-bond acceptors (Lipinski definition) is 2. The van der Waals surface area contributed by atoms with Crippen molar-refractivity contribution in [2.45, 2.75) is 18.9 Å². The third-order valence-electron chi connectivity index (χ3n) is 1.64. The minimum atomic E-state index is -0.921. The maximum atomic E-state index is 10.4. The molecule has 0 aromatic heterocycles. The van der Waals surface area contributed by atoms with Crippen LogP contribution in [-0.4, -0.2) is 27.8 Å². The quantitative estimate of drug-likeness (QED) is 0.732. The summed E-state index contributed by atoms with van der Waals surface area (Å²) in [6, 6.07) is -0.730. The Morgan fingerprint density at radius 3 is 2.42 bits per heavy atom. The van der Waals surface area contributed by atoms with Gasteiger partial charge in [0.15, 0.2) is 0 Å². The summed E-state index contributed by atoms with van der Waals surface area (Å²) in [5.74, 6) is -0.578. The van der Waals surface area contributed by atoms with Crippen molar-refractivity contribution in [1.82, 2.24) is 0 Å². The minimum Gasteiger partial charge on any atom is -0.480 e. The molecule has 12 heavy (non-hydrogen) atoms. The monoisotopic (exact) mass is 301 g/mol. The Bertz CT molecular complexity index is 143. The number of halogens is 2. The molecule has 3 nitrogen and oxygen atoms in total. The lowest BCUT2D eigenvalue weighted by Crippen LogP contribution is -2.32. The van der Waals surface area contributed by atoms with Gasteiger partial charge in [0.2, 0.25) is 0 Å². The highest BCUT2D eigenvalue weighted by molar-refractivity contribution is 9.09. The van der Waals surface area contributed by atoms with E-state index in [1.54, 1.807) is 0 Å². The lowest BCUT2D eigenvalue weighted by Gasteiger charge is -2.14. The Kier molecular flexibility index (Phi) is 7.08. The van der Waals surface area contributed by atoms with Gasteiger partial charge in [0.05, 0.1) is 0 Å². The van der Waals surface area contributed by atoms with E-state index >= 15 is 0 Å². The number of carbonyl (C=O) groups is 1. The summed E-state index contributed by atoms with van der Waals surface area (Å²) in [5, 5.41) is 10.2. The lowest BCUT2D eigenvalue weighted by molar-refractivity contribution is -0.138. The number of rotatable bonds is 6. The fourth-order valence-corrected chi connectivity index (χ4v) is 2.11. The molecule has 0 aromatic rings. The molecule has 2 atom stereocenters. The van der Waals surface area contributed by atoms with Gasteiger partial charge in [0.25, 0.3) is 0 Å². The van der Waals surface area contributed by atoms with Crippen molar-refractivity contribution in [1.29, 1.82) is 0 Å². The summed E-state index contributed by atoms with van der Waals surface area (Å²) in [4.78, 5) is 10.4. The van der Waals surface area contributed by atoms with Gasteiger partial charge in [0, 0.05) is 10.7 Å². The van der Waals surface area contributed by atoms with E-state index in [2.05, 4.69) is 31.9 Å². The zero-order valence-electron chi connectivity index (χ0n) is 6.67. The highest BCUT2D eigenvalue weighted by Gasteiger charge is 2.17. The highest BCUT2D eigenvalue weighted by atomic mass is 79.9. The van der Waals surface area contributed by atoms with Crippen molar-refractivity contribution in [3.05, 3.63) is 0 Å². The van der Waals surface area contributed by atoms with Gasteiger partial charge < -0.3 is 10.8 Å². The number of aliphatic carboxylic acids is 1. The summed E-state index contributed by atoms with van der Waals surface area (Å²) >= 11 is 6.63. The molecule has 0 aliphatic heterocycles. The zero-order valence-corrected chi connectivity index (χ0v) is 9.84. The molecule has 0 rings (SSSR count). The van der Waals surface area contributed by atoms with E-state index in [4.69, 9.17) is 10.8 Å². The predicted octanol–water partition coefficient (Wildman–Crippen LogP) is 1.58. The van der Waals surface area contributed by atoms with Crippen molar-refractivity contribution in [2.75, 3.05) is 10.7 Å². The minimum absolute atomic E-state index is 0.343. The molecule has 0 aromatic carbocycles. The fourth-order valence-electron chi connectivity index (χ4n) is 0.872. The van der Waals surface area contributed by atoms with Gasteiger partial charge in [-0.25, -0.2) is 0 Å². The second kappa shape index (κ2) is 6.86. The van der Waals surface area contributed by atoms with Crippen molar-refractivity contribution in [3.63, 3.8) is 0 Å². The number of nitrogens with two attached hydrogens (primary N) is 1. The average molecular weight is 303 g/mol. The number of hydrogen-bond donors (Lipinski definition) is 2. The van der Waals surface area contributed by atoms with Gasteiger partial charge in [-0.05, 0) is 18.8 Å². The van der Waals surface area contributed by atoms with Crippen LogP contribution in [0.4, 0.5) is 0 Å². The van der Waals surface area contributed by atoms with Gasteiger partial charge in [-0.15, -0.1) is 0 Å². The Morgan fingerprint density at radius 1 is 1.50 bits per heavy atom. The molecule has 0 bridgehead atoms. The molecule has 0 saturated carbocycles. The average Bonchev–Trinajstić information content (AvgIpc) is 2.03. The topological polar surface area (TPSA) is 63.3 Å². The van der Waals surface area contributed by atoms with Crippen LogP contribution in [0.3, 0.4) is 0 Å². The van der Waals surface area contributed by atoms with E-state index in [1.807, 2.05) is 0 Å². The maximum Gasteiger partial charge on any atom is 0.320 e. The van der Waals surface area contributed by atoms with Crippen molar-refractivity contribution >= 4 is 37.8 Å². The van der Waals surface area contributed by atoms with Crippen molar-refractivity contribution in [2.24, 2.45) is 11.7 Å². The van der Waals surface area contributed by atoms with Crippen LogP contribution in [0.2, 0.25) is 0 Å². The lowest BCUT2D eigenvalue weighted by atomic mass is 10.00. The van der Waals surface area contributed by atoms with Crippen LogP contribution in [-0.2, 0) is 4.79 Å². The molecule has 0 radical (unpaired) electrons. The summed E-state index contributed by atoms with van der Waals surface area (Å²) in [6.45, 7) is 0. The highest BCUT2D eigenvalue weighted by Crippen LogP contribution is 2.14. The standard InChI is InChI=1S/C7H13Br2NO2/c8-2-1-5(4-9)3-6(10)7(11)12/h5-6H,1-4,10H2,(H,11,12). The fraction of sp³-hybridized carbons (Fsp3) is 0.857. The molecule has 0 saturated heterocycles. The summed E-state index contributed by atoms with van der Waals surface area (Å²) in [6.07, 6.45) is 1.48. The SMILES string of the molecule is NC(CC(CBr)CCBr)C(=O)O. The van der Waals surface area contributed by atoms with Crippen LogP contribution in [0, 0.1) is 5.92 Å². The normalized spacial score (nSPS) is 15.6. The van der Waals surface area contributed by atoms with Crippen molar-refractivity contribution in [3.8, 4) is 0 Å². The molecule has 0 amide bonds. The molecule has 0 aliphatic rings. The van der Waals surface area contributed by atoms with Gasteiger partial charge in [-0.2, -0.15) is 0 Å². The largest absolute Gasteiger partial charge is 0.480 e. The van der Waals surface area contributed by atoms with Crippen LogP contribution in [0.15, 0.2) is 0 Å². The van der Waals surface area contributed by atoms with E-state index in [-0.39, 0.29) is 0 Å². The molecule has 0 aliphatic carbocycles. The first-order valence-electron chi connectivity index (χ1n) is 3.72. The van der Waals surface area contributed by atoms with E-state index < -0.39 is 12.0 Å². The molecule has 72 valence electrons. The molecular weight excluding hydrogens is 290 g/mol. The van der Waals surface area contributed by atoms with Gasteiger partial charge in [-0.1, -0.05) is 31.9 Å². The van der Waals surface area contributed by atoms with Crippen LogP contribution in [0.25, 0.3) is 0 Å². The van der Waals surface area contributed by atoms with Gasteiger partial charge >= 0.3 is 5.97 Å². The smallest absolute Gasteiger partial charge is 0.320 e. The first-order valence-corrected chi connectivity index (χ1v) is 5.96. The summed E-state index contributed by atoms with van der Waals surface area (Å²) < 4.78 is 0. The number of alkyl halides is 2. The van der Waals surface area contributed by atoms with E-state index in [0.717, 1.165) is 17.1 Å². The Balaban J connectivity index is 3.76. The molecule has 5 heteroatoms. The molecule has 3 N–H and O–H groups in total. The third-order valence-corrected chi connectivity index (χ3v) is 3.01. The van der Waals surface area contributed by atoms with Gasteiger partial charge in [-0.3, -0.25) is 4.79 Å². The van der Waals surface area contributed by atoms with Gasteiger partial charge in [0.1, 0.15) is 6.04 Å². The molecule has 2 unspecified atom stereocenters. The van der Waals surface area contributed by atoms with Crippen LogP contribution in [0.1, 0.15) is 12.8 Å². The Morgan fingerprint density at radius 2 is 2.08 bits per heavy atom. The van der Waals surface area contributed by atoms with E-state index in [0.29, 0.717) is 12.3 Å². The second-order valence-electron chi connectivity index (χ2n) is 2.68. The Labute approximate surface area is 89.0 Å². The first kappa shape index (κ1) is 12.4. The van der Waals surface area contributed by atoms with Crippen LogP contribution >= 0.6 is 31.9 Å². The van der Waals surface area contributed by atoms with Crippen LogP contribution < -0.4 is 5.73 Å². The van der Waals surface area contributed by atoms with Crippen molar-refractivity contribution < 1.29 is 9.90 Å². The Hall–Kier alpha value is 0.390. The summed E-state index contributed by atoms with van der Waals surface area (Å²) in [5.41, 5.74) is 5.39. The predicted molar refractivity (Wildman–Crippen MR) is 55.9 cm³/mol. The van der Waals surface area contributed by atoms with E-state index in [1.165, 1.54) is 0 Å². The zero-order chi connectivity index (χ0) is 9.56. The molecule has 0 fully saturated rings. The van der Waals surface area contributed by atoms with E-state index in [9.17, 15) is 4.79 Å². The molecule has 0 heterocycles. The molecule has 0 spiro atoms. The summed E-state index contributed by atoms with van der Waals surface area (Å²) in [7, 11) is 0. The molecular formula is C7H13Br2NO2. The number of carboxylic acid groups (broad SMARTS) is 1.